The molecule has 0 bridgehead atoms. The molecule has 21 heavy (non-hydrogen) atoms. The van der Waals surface area contributed by atoms with E-state index >= 15 is 0 Å². The first-order valence-electron chi connectivity index (χ1n) is 7.03. The molecule has 3 N–H and O–H groups in total. The molecule has 0 aliphatic heterocycles. The Labute approximate surface area is 124 Å². The Morgan fingerprint density at radius 2 is 1.81 bits per heavy atom. The Morgan fingerprint density at radius 1 is 1.05 bits per heavy atom. The molecule has 0 aliphatic carbocycles. The van der Waals surface area contributed by atoms with Gasteiger partial charge in [-0.25, -0.2) is 0 Å². The van der Waals surface area contributed by atoms with E-state index in [1.54, 1.807) is 0 Å². The number of carbonyl (C=O) groups is 1. The van der Waals surface area contributed by atoms with Gasteiger partial charge in [-0.2, -0.15) is 0 Å². The van der Waals surface area contributed by atoms with Crippen LogP contribution in [0.2, 0.25) is 0 Å². The van der Waals surface area contributed by atoms with Crippen LogP contribution in [0.15, 0.2) is 48.5 Å². The van der Waals surface area contributed by atoms with Crippen molar-refractivity contribution >= 4 is 17.3 Å². The third kappa shape index (κ3) is 4.61. The smallest absolute Gasteiger partial charge is 0.243 e. The number of aryl methyl sites for hydroxylation is 1. The van der Waals surface area contributed by atoms with Gasteiger partial charge < -0.3 is 15.7 Å². The molecule has 2 rings (SSSR count). The second-order valence-corrected chi connectivity index (χ2v) is 4.81. The van der Waals surface area contributed by atoms with Gasteiger partial charge in [-0.05, 0) is 41.8 Å². The van der Waals surface area contributed by atoms with Crippen LogP contribution in [0.3, 0.4) is 0 Å². The number of benzene rings is 2. The van der Waals surface area contributed by atoms with Crippen LogP contribution in [0.5, 0.6) is 0 Å². The molecule has 4 nitrogen and oxygen atoms in total. The predicted molar refractivity (Wildman–Crippen MR) is 85.3 cm³/mol. The fraction of sp³-hybridized carbons (Fsp3) is 0.235. The number of hydrogen-bond acceptors (Lipinski definition) is 3. The van der Waals surface area contributed by atoms with Crippen LogP contribution in [0, 0.1) is 0 Å². The molecule has 0 fully saturated rings. The number of hydrogen-bond donors (Lipinski definition) is 3. The van der Waals surface area contributed by atoms with Crippen molar-refractivity contribution < 1.29 is 9.90 Å². The van der Waals surface area contributed by atoms with Crippen LogP contribution in [-0.4, -0.2) is 17.6 Å². The molecule has 0 spiro atoms. The summed E-state index contributed by atoms with van der Waals surface area (Å²) in [4.78, 5) is 11.9. The maximum Gasteiger partial charge on any atom is 0.243 e. The highest BCUT2D eigenvalue weighted by atomic mass is 16.3. The van der Waals surface area contributed by atoms with Crippen molar-refractivity contribution in [3.8, 4) is 0 Å². The van der Waals surface area contributed by atoms with E-state index in [-0.39, 0.29) is 19.1 Å². The van der Waals surface area contributed by atoms with E-state index < -0.39 is 0 Å². The van der Waals surface area contributed by atoms with E-state index in [1.807, 2.05) is 48.5 Å². The monoisotopic (exact) mass is 284 g/mol. The summed E-state index contributed by atoms with van der Waals surface area (Å²) in [7, 11) is 0. The molecule has 2 aromatic rings. The first-order chi connectivity index (χ1) is 10.2. The van der Waals surface area contributed by atoms with Crippen LogP contribution in [0.25, 0.3) is 0 Å². The van der Waals surface area contributed by atoms with Crippen LogP contribution < -0.4 is 10.6 Å². The summed E-state index contributed by atoms with van der Waals surface area (Å²) in [6, 6.07) is 15.2. The minimum atomic E-state index is -0.103. The molecular formula is C17H20N2O2. The van der Waals surface area contributed by atoms with E-state index in [4.69, 9.17) is 5.11 Å². The Kier molecular flexibility index (Phi) is 5.35. The van der Waals surface area contributed by atoms with Crippen LogP contribution in [-0.2, 0) is 17.8 Å². The standard InChI is InChI=1S/C17H20N2O2/c1-2-13-6-8-15(9-7-13)19-17(21)11-18-16-5-3-4-14(10-16)12-20/h3-10,18,20H,2,11-12H2,1H3,(H,19,21). The number of aliphatic hydroxyl groups excluding tert-OH is 1. The van der Waals surface area contributed by atoms with Gasteiger partial charge in [-0.1, -0.05) is 31.2 Å². The van der Waals surface area contributed by atoms with Crippen molar-refractivity contribution in [2.45, 2.75) is 20.0 Å². The highest BCUT2D eigenvalue weighted by molar-refractivity contribution is 5.93. The Hall–Kier alpha value is -2.33. The zero-order valence-electron chi connectivity index (χ0n) is 12.1. The van der Waals surface area contributed by atoms with E-state index in [0.717, 1.165) is 23.4 Å². The fourth-order valence-electron chi connectivity index (χ4n) is 1.99. The highest BCUT2D eigenvalue weighted by Gasteiger charge is 2.02. The third-order valence-corrected chi connectivity index (χ3v) is 3.21. The van der Waals surface area contributed by atoms with Crippen molar-refractivity contribution in [2.24, 2.45) is 0 Å². The van der Waals surface area contributed by atoms with Gasteiger partial charge in [-0.15, -0.1) is 0 Å². The van der Waals surface area contributed by atoms with E-state index in [2.05, 4.69) is 17.6 Å². The van der Waals surface area contributed by atoms with E-state index in [0.29, 0.717) is 0 Å². The lowest BCUT2D eigenvalue weighted by atomic mass is 10.1. The second-order valence-electron chi connectivity index (χ2n) is 4.81. The Morgan fingerprint density at radius 3 is 2.48 bits per heavy atom. The minimum absolute atomic E-state index is 0.00844. The molecule has 4 heteroatoms. The summed E-state index contributed by atoms with van der Waals surface area (Å²) in [5.74, 6) is -0.103. The van der Waals surface area contributed by atoms with Gasteiger partial charge in [0.15, 0.2) is 0 Å². The zero-order chi connectivity index (χ0) is 15.1. The van der Waals surface area contributed by atoms with Crippen LogP contribution >= 0.6 is 0 Å². The molecule has 0 unspecified atom stereocenters. The molecule has 0 heterocycles. The number of anilines is 2. The first kappa shape index (κ1) is 15.1. The molecule has 0 aliphatic rings. The average molecular weight is 284 g/mol. The SMILES string of the molecule is CCc1ccc(NC(=O)CNc2cccc(CO)c2)cc1. The van der Waals surface area contributed by atoms with Crippen molar-refractivity contribution in [1.82, 2.24) is 0 Å². The quantitative estimate of drug-likeness (QED) is 0.764. The second kappa shape index (κ2) is 7.45. The lowest BCUT2D eigenvalue weighted by Gasteiger charge is -2.09. The summed E-state index contributed by atoms with van der Waals surface area (Å²) < 4.78 is 0. The molecule has 0 saturated carbocycles. The highest BCUT2D eigenvalue weighted by Crippen LogP contribution is 2.11. The van der Waals surface area contributed by atoms with Crippen LogP contribution in [0.4, 0.5) is 11.4 Å². The minimum Gasteiger partial charge on any atom is -0.392 e. The molecule has 0 saturated heterocycles. The normalized spacial score (nSPS) is 10.2. The average Bonchev–Trinajstić information content (AvgIpc) is 2.54. The summed E-state index contributed by atoms with van der Waals surface area (Å²) in [5.41, 5.74) is 3.67. The van der Waals surface area contributed by atoms with Gasteiger partial charge in [0.1, 0.15) is 0 Å². The van der Waals surface area contributed by atoms with Gasteiger partial charge in [0.2, 0.25) is 5.91 Å². The Balaban J connectivity index is 1.86. The molecule has 0 aromatic heterocycles. The van der Waals surface area contributed by atoms with Crippen LogP contribution in [0.1, 0.15) is 18.1 Å². The van der Waals surface area contributed by atoms with Crippen molar-refractivity contribution in [1.29, 1.82) is 0 Å². The van der Waals surface area contributed by atoms with Crippen molar-refractivity contribution in [3.05, 3.63) is 59.7 Å². The topological polar surface area (TPSA) is 61.4 Å². The van der Waals surface area contributed by atoms with Crippen molar-refractivity contribution in [2.75, 3.05) is 17.2 Å². The largest absolute Gasteiger partial charge is 0.392 e. The summed E-state index contributed by atoms with van der Waals surface area (Å²) in [6.45, 7) is 2.27. The molecular weight excluding hydrogens is 264 g/mol. The van der Waals surface area contributed by atoms with Gasteiger partial charge >= 0.3 is 0 Å². The number of amides is 1. The number of carbonyl (C=O) groups excluding carboxylic acids is 1. The molecule has 0 atom stereocenters. The molecule has 2 aromatic carbocycles. The fourth-order valence-corrected chi connectivity index (χ4v) is 1.99. The molecule has 1 amide bonds. The molecule has 0 radical (unpaired) electrons. The lowest BCUT2D eigenvalue weighted by Crippen LogP contribution is -2.21. The summed E-state index contributed by atoms with van der Waals surface area (Å²) in [6.07, 6.45) is 0.983. The molecule has 110 valence electrons. The third-order valence-electron chi connectivity index (χ3n) is 3.21. The van der Waals surface area contributed by atoms with Gasteiger partial charge in [0.05, 0.1) is 13.2 Å². The Bertz CT molecular complexity index is 594. The predicted octanol–water partition coefficient (Wildman–Crippen LogP) is 2.79. The van der Waals surface area contributed by atoms with Gasteiger partial charge in [0, 0.05) is 11.4 Å². The van der Waals surface area contributed by atoms with E-state index in [9.17, 15) is 4.79 Å². The zero-order valence-corrected chi connectivity index (χ0v) is 12.1. The number of rotatable bonds is 6. The summed E-state index contributed by atoms with van der Waals surface area (Å²) >= 11 is 0. The summed E-state index contributed by atoms with van der Waals surface area (Å²) in [5, 5.41) is 14.9. The van der Waals surface area contributed by atoms with Gasteiger partial charge in [-0.3, -0.25) is 4.79 Å². The number of nitrogens with one attached hydrogen (secondary N) is 2. The van der Waals surface area contributed by atoms with Gasteiger partial charge in [0.25, 0.3) is 0 Å². The maximum absolute atomic E-state index is 11.9. The number of aliphatic hydroxyl groups is 1. The lowest BCUT2D eigenvalue weighted by molar-refractivity contribution is -0.114. The van der Waals surface area contributed by atoms with E-state index in [1.165, 1.54) is 5.56 Å². The van der Waals surface area contributed by atoms with Crippen molar-refractivity contribution in [3.63, 3.8) is 0 Å². The maximum atomic E-state index is 11.9. The first-order valence-corrected chi connectivity index (χ1v) is 7.03.